The SMILES string of the molecule is Fc1ccc(OCc2nnc(-c3ccc(Br)o3)o2)cc1F. The lowest BCUT2D eigenvalue weighted by molar-refractivity contribution is 0.262. The van der Waals surface area contributed by atoms with E-state index in [0.29, 0.717) is 10.4 Å². The third kappa shape index (κ3) is 3.10. The molecular weight excluding hydrogens is 350 g/mol. The van der Waals surface area contributed by atoms with E-state index in [1.165, 1.54) is 6.07 Å². The van der Waals surface area contributed by atoms with E-state index in [9.17, 15) is 8.78 Å². The van der Waals surface area contributed by atoms with Gasteiger partial charge in [-0.3, -0.25) is 0 Å². The van der Waals surface area contributed by atoms with Gasteiger partial charge in [-0.05, 0) is 40.2 Å². The highest BCUT2D eigenvalue weighted by molar-refractivity contribution is 9.10. The number of hydrogen-bond acceptors (Lipinski definition) is 5. The van der Waals surface area contributed by atoms with Crippen LogP contribution in [0.1, 0.15) is 5.89 Å². The van der Waals surface area contributed by atoms with Crippen molar-refractivity contribution >= 4 is 15.9 Å². The summed E-state index contributed by atoms with van der Waals surface area (Å²) in [5, 5.41) is 7.57. The maximum atomic E-state index is 13.0. The van der Waals surface area contributed by atoms with E-state index in [0.717, 1.165) is 12.1 Å². The van der Waals surface area contributed by atoms with Gasteiger partial charge in [-0.2, -0.15) is 0 Å². The molecule has 0 saturated heterocycles. The number of hydrogen-bond donors (Lipinski definition) is 0. The number of rotatable bonds is 4. The number of nitrogens with zero attached hydrogens (tertiary/aromatic N) is 2. The average Bonchev–Trinajstić information content (AvgIpc) is 3.09. The van der Waals surface area contributed by atoms with E-state index in [1.54, 1.807) is 12.1 Å². The molecule has 108 valence electrons. The molecule has 3 rings (SSSR count). The summed E-state index contributed by atoms with van der Waals surface area (Å²) in [6, 6.07) is 6.58. The van der Waals surface area contributed by atoms with Crippen molar-refractivity contribution in [1.82, 2.24) is 10.2 Å². The van der Waals surface area contributed by atoms with Gasteiger partial charge >= 0.3 is 0 Å². The predicted molar refractivity (Wildman–Crippen MR) is 70.4 cm³/mol. The maximum Gasteiger partial charge on any atom is 0.283 e. The van der Waals surface area contributed by atoms with Crippen molar-refractivity contribution in [2.75, 3.05) is 0 Å². The van der Waals surface area contributed by atoms with Gasteiger partial charge < -0.3 is 13.6 Å². The van der Waals surface area contributed by atoms with Crippen LogP contribution in [0.4, 0.5) is 8.78 Å². The van der Waals surface area contributed by atoms with Crippen LogP contribution < -0.4 is 4.74 Å². The van der Waals surface area contributed by atoms with E-state index in [1.807, 2.05) is 0 Å². The number of halogens is 3. The second kappa shape index (κ2) is 5.65. The van der Waals surface area contributed by atoms with Crippen molar-refractivity contribution in [3.05, 3.63) is 52.5 Å². The van der Waals surface area contributed by atoms with Crippen molar-refractivity contribution in [3.8, 4) is 17.4 Å². The van der Waals surface area contributed by atoms with Gasteiger partial charge in [-0.25, -0.2) is 8.78 Å². The third-order valence-electron chi connectivity index (χ3n) is 2.50. The summed E-state index contributed by atoms with van der Waals surface area (Å²) in [5.74, 6) is -0.973. The summed E-state index contributed by atoms with van der Waals surface area (Å²) in [6.45, 7) is -0.0695. The Hall–Kier alpha value is -2.22. The molecule has 0 bridgehead atoms. The van der Waals surface area contributed by atoms with Crippen molar-refractivity contribution in [2.45, 2.75) is 6.61 Å². The van der Waals surface area contributed by atoms with Gasteiger partial charge in [0.15, 0.2) is 28.7 Å². The first-order valence-electron chi connectivity index (χ1n) is 5.78. The Labute approximate surface area is 125 Å². The van der Waals surface area contributed by atoms with Crippen LogP contribution in [0, 0.1) is 11.6 Å². The van der Waals surface area contributed by atoms with Crippen molar-refractivity contribution in [3.63, 3.8) is 0 Å². The lowest BCUT2D eigenvalue weighted by atomic mass is 10.3. The molecule has 0 radical (unpaired) electrons. The smallest absolute Gasteiger partial charge is 0.283 e. The Balaban J connectivity index is 1.68. The van der Waals surface area contributed by atoms with Gasteiger partial charge in [-0.1, -0.05) is 0 Å². The molecule has 0 aliphatic carbocycles. The zero-order valence-corrected chi connectivity index (χ0v) is 11.9. The zero-order chi connectivity index (χ0) is 14.8. The van der Waals surface area contributed by atoms with Crippen LogP contribution in [0.15, 0.2) is 43.8 Å². The molecule has 0 spiro atoms. The summed E-state index contributed by atoms with van der Waals surface area (Å²) in [6.07, 6.45) is 0. The minimum atomic E-state index is -0.987. The summed E-state index contributed by atoms with van der Waals surface area (Å²) < 4.78 is 42.1. The highest BCUT2D eigenvalue weighted by Gasteiger charge is 2.13. The molecule has 8 heteroatoms. The molecule has 0 aliphatic heterocycles. The van der Waals surface area contributed by atoms with E-state index in [-0.39, 0.29) is 24.1 Å². The van der Waals surface area contributed by atoms with E-state index in [2.05, 4.69) is 26.1 Å². The molecule has 0 unspecified atom stereocenters. The van der Waals surface area contributed by atoms with E-state index >= 15 is 0 Å². The first-order chi connectivity index (χ1) is 10.1. The molecule has 2 heterocycles. The number of furan rings is 1. The van der Waals surface area contributed by atoms with Crippen LogP contribution in [-0.4, -0.2) is 10.2 Å². The van der Waals surface area contributed by atoms with Crippen LogP contribution in [0.3, 0.4) is 0 Å². The Morgan fingerprint density at radius 1 is 1.05 bits per heavy atom. The standard InChI is InChI=1S/C13H7BrF2N2O3/c14-11-4-3-10(20-11)13-18-17-12(21-13)6-19-7-1-2-8(15)9(16)5-7/h1-5H,6H2. The fourth-order valence-corrected chi connectivity index (χ4v) is 1.86. The molecule has 0 saturated carbocycles. The fourth-order valence-electron chi connectivity index (χ4n) is 1.55. The fraction of sp³-hybridized carbons (Fsp3) is 0.0769. The molecule has 5 nitrogen and oxygen atoms in total. The van der Waals surface area contributed by atoms with Crippen LogP contribution in [-0.2, 0) is 6.61 Å². The highest BCUT2D eigenvalue weighted by atomic mass is 79.9. The summed E-state index contributed by atoms with van der Waals surface area (Å²) in [5.41, 5.74) is 0. The average molecular weight is 357 g/mol. The van der Waals surface area contributed by atoms with Gasteiger partial charge in [0.05, 0.1) is 0 Å². The lowest BCUT2D eigenvalue weighted by Gasteiger charge is -2.03. The van der Waals surface area contributed by atoms with Crippen LogP contribution >= 0.6 is 15.9 Å². The Morgan fingerprint density at radius 2 is 1.90 bits per heavy atom. The van der Waals surface area contributed by atoms with E-state index in [4.69, 9.17) is 13.6 Å². The van der Waals surface area contributed by atoms with Gasteiger partial charge in [0, 0.05) is 6.07 Å². The molecular formula is C13H7BrF2N2O3. The van der Waals surface area contributed by atoms with Gasteiger partial charge in [0.2, 0.25) is 0 Å². The summed E-state index contributed by atoms with van der Waals surface area (Å²) in [4.78, 5) is 0. The zero-order valence-electron chi connectivity index (χ0n) is 10.3. The molecule has 0 amide bonds. The summed E-state index contributed by atoms with van der Waals surface area (Å²) >= 11 is 3.16. The minimum Gasteiger partial charge on any atom is -0.484 e. The lowest BCUT2D eigenvalue weighted by Crippen LogP contribution is -1.96. The molecule has 0 aliphatic rings. The van der Waals surface area contributed by atoms with Crippen LogP contribution in [0.2, 0.25) is 0 Å². The maximum absolute atomic E-state index is 13.0. The third-order valence-corrected chi connectivity index (χ3v) is 2.93. The summed E-state index contributed by atoms with van der Waals surface area (Å²) in [7, 11) is 0. The molecule has 2 aromatic heterocycles. The molecule has 3 aromatic rings. The second-order valence-electron chi connectivity index (χ2n) is 3.97. The molecule has 0 atom stereocenters. The number of aromatic nitrogens is 2. The topological polar surface area (TPSA) is 61.3 Å². The minimum absolute atomic E-state index is 0.0695. The van der Waals surface area contributed by atoms with Crippen LogP contribution in [0.5, 0.6) is 5.75 Å². The highest BCUT2D eigenvalue weighted by Crippen LogP contribution is 2.24. The molecule has 21 heavy (non-hydrogen) atoms. The molecule has 0 fully saturated rings. The Morgan fingerprint density at radius 3 is 2.62 bits per heavy atom. The largest absolute Gasteiger partial charge is 0.484 e. The monoisotopic (exact) mass is 356 g/mol. The quantitative estimate of drug-likeness (QED) is 0.708. The van der Waals surface area contributed by atoms with Crippen LogP contribution in [0.25, 0.3) is 11.7 Å². The van der Waals surface area contributed by atoms with Gasteiger partial charge in [-0.15, -0.1) is 10.2 Å². The molecule has 0 N–H and O–H groups in total. The number of benzene rings is 1. The van der Waals surface area contributed by atoms with Crippen molar-refractivity contribution in [1.29, 1.82) is 0 Å². The van der Waals surface area contributed by atoms with Gasteiger partial charge in [0.1, 0.15) is 5.75 Å². The van der Waals surface area contributed by atoms with E-state index < -0.39 is 11.6 Å². The first kappa shape index (κ1) is 13.7. The first-order valence-corrected chi connectivity index (χ1v) is 6.57. The predicted octanol–water partition coefficient (Wildman–Crippen LogP) is 3.95. The van der Waals surface area contributed by atoms with Crippen molar-refractivity contribution in [2.24, 2.45) is 0 Å². The molecule has 1 aromatic carbocycles. The Kier molecular flexibility index (Phi) is 3.70. The van der Waals surface area contributed by atoms with Gasteiger partial charge in [0.25, 0.3) is 11.8 Å². The Bertz CT molecular complexity index is 772. The normalized spacial score (nSPS) is 10.8. The number of ether oxygens (including phenoxy) is 1. The second-order valence-corrected chi connectivity index (χ2v) is 4.75. The van der Waals surface area contributed by atoms with Crippen molar-refractivity contribution < 1.29 is 22.4 Å².